The minimum Gasteiger partial charge on any atom is -0.309 e. The molecule has 5 nitrogen and oxygen atoms in total. The average Bonchev–Trinajstić information content (AvgIpc) is 3.58. The smallest absolute Gasteiger partial charge is 0.164 e. The van der Waals surface area contributed by atoms with Crippen LogP contribution in [-0.4, -0.2) is 19.5 Å². The van der Waals surface area contributed by atoms with Crippen LogP contribution >= 0.6 is 0 Å². The molecule has 0 saturated heterocycles. The van der Waals surface area contributed by atoms with E-state index in [-0.39, 0.29) is 0 Å². The van der Waals surface area contributed by atoms with Crippen LogP contribution in [0.5, 0.6) is 0 Å². The molecule has 4 atom stereocenters. The van der Waals surface area contributed by atoms with E-state index in [1.165, 1.54) is 48.8 Å². The normalized spacial score (nSPS) is 20.6. The Labute approximate surface area is 328 Å². The van der Waals surface area contributed by atoms with Gasteiger partial charge >= 0.3 is 0 Å². The van der Waals surface area contributed by atoms with Crippen molar-refractivity contribution in [2.45, 2.75) is 51.4 Å². The molecule has 2 heterocycles. The third-order valence-corrected chi connectivity index (χ3v) is 12.4. The van der Waals surface area contributed by atoms with Crippen LogP contribution in [0.2, 0.25) is 0 Å². The monoisotopic (exact) mass is 725 g/mol. The number of nitrogens with zero attached hydrogens (tertiary/aromatic N) is 5. The van der Waals surface area contributed by atoms with Crippen molar-refractivity contribution in [2.24, 2.45) is 17.8 Å². The van der Waals surface area contributed by atoms with E-state index < -0.39 is 0 Å². The van der Waals surface area contributed by atoms with Crippen molar-refractivity contribution in [2.75, 3.05) is 0 Å². The lowest BCUT2D eigenvalue weighted by Gasteiger charge is -2.50. The van der Waals surface area contributed by atoms with Crippen LogP contribution in [-0.2, 0) is 5.41 Å². The number of nitriles is 1. The zero-order valence-corrected chi connectivity index (χ0v) is 31.9. The fourth-order valence-electron chi connectivity index (χ4n) is 10.4. The van der Waals surface area contributed by atoms with Crippen LogP contribution in [0.3, 0.4) is 0 Å². The molecule has 2 bridgehead atoms. The molecule has 2 fully saturated rings. The lowest BCUT2D eigenvalue weighted by Crippen LogP contribution is -2.42. The van der Waals surface area contributed by atoms with Gasteiger partial charge in [0.1, 0.15) is 0 Å². The minimum absolute atomic E-state index is 0.324. The molecule has 10 rings (SSSR count). The molecule has 2 aromatic heterocycles. The molecule has 1 unspecified atom stereocenters. The Morgan fingerprint density at radius 2 is 1.18 bits per heavy atom. The summed E-state index contributed by atoms with van der Waals surface area (Å²) in [5.41, 5.74) is 10.9. The molecule has 2 saturated carbocycles. The highest BCUT2D eigenvalue weighted by Crippen LogP contribution is 2.54. The Hall–Kier alpha value is -6.38. The minimum atomic E-state index is 0.324. The van der Waals surface area contributed by atoms with Gasteiger partial charge in [-0.15, -0.1) is 0 Å². The maximum Gasteiger partial charge on any atom is 0.164 e. The summed E-state index contributed by atoms with van der Waals surface area (Å²) in [6.07, 6.45) is 6.76. The van der Waals surface area contributed by atoms with E-state index in [9.17, 15) is 5.26 Å². The van der Waals surface area contributed by atoms with Crippen LogP contribution in [0.15, 0.2) is 146 Å². The number of rotatable bonds is 6. The van der Waals surface area contributed by atoms with Crippen molar-refractivity contribution in [1.82, 2.24) is 19.5 Å². The molecule has 2 aliphatic rings. The second-order valence-corrected chi connectivity index (χ2v) is 16.5. The summed E-state index contributed by atoms with van der Waals surface area (Å²) in [7, 11) is 0. The fourth-order valence-corrected chi connectivity index (χ4v) is 10.4. The molecular weight excluding hydrogens is 683 g/mol. The van der Waals surface area contributed by atoms with Gasteiger partial charge in [0.15, 0.2) is 17.5 Å². The highest BCUT2D eigenvalue weighted by molar-refractivity contribution is 6.15. The van der Waals surface area contributed by atoms with Crippen molar-refractivity contribution >= 4 is 21.8 Å². The highest BCUT2D eigenvalue weighted by atomic mass is 15.0. The number of hydrogen-bond donors (Lipinski definition) is 0. The average molecular weight is 726 g/mol. The first-order valence-electron chi connectivity index (χ1n) is 20.0. The maximum atomic E-state index is 9.43. The Bertz CT molecular complexity index is 2760. The summed E-state index contributed by atoms with van der Waals surface area (Å²) in [5, 5.41) is 11.7. The standard InChI is InChI=1S/C51H43N5/c1-33-26-36-27-34(2)30-51(29-33,31-36)41-24-22-37(23-25-41)40-12-8-13-42(28-40)56-45-16-7-6-14-43(45)47-44(15-9-17-46(47)56)50-54-48(38-10-4-3-5-11-38)53-49(55-50)39-20-18-35(32-52)19-21-39/h3-25,28,33-34,36H,26-27,29-31H2,1-2H3/t33-,34+,36-,51?. The van der Waals surface area contributed by atoms with Crippen LogP contribution in [0.1, 0.15) is 57.1 Å². The summed E-state index contributed by atoms with van der Waals surface area (Å²) in [6, 6.07) is 53.3. The number of benzene rings is 6. The number of fused-ring (bicyclic) bond motifs is 5. The summed E-state index contributed by atoms with van der Waals surface area (Å²) >= 11 is 0. The Balaban J connectivity index is 1.08. The van der Waals surface area contributed by atoms with Gasteiger partial charge in [0.05, 0.1) is 22.7 Å². The Morgan fingerprint density at radius 1 is 0.571 bits per heavy atom. The number of hydrogen-bond acceptors (Lipinski definition) is 4. The molecule has 5 heteroatoms. The third-order valence-electron chi connectivity index (χ3n) is 12.4. The highest BCUT2D eigenvalue weighted by Gasteiger charge is 2.45. The van der Waals surface area contributed by atoms with E-state index in [1.54, 1.807) is 12.1 Å². The summed E-state index contributed by atoms with van der Waals surface area (Å²) in [6.45, 7) is 4.93. The van der Waals surface area contributed by atoms with Gasteiger partial charge in [-0.05, 0) is 120 Å². The van der Waals surface area contributed by atoms with Crippen molar-refractivity contribution in [1.29, 1.82) is 5.26 Å². The van der Waals surface area contributed by atoms with Crippen molar-refractivity contribution in [3.63, 3.8) is 0 Å². The van der Waals surface area contributed by atoms with Gasteiger partial charge < -0.3 is 4.57 Å². The van der Waals surface area contributed by atoms with E-state index in [4.69, 9.17) is 15.0 Å². The first-order valence-corrected chi connectivity index (χ1v) is 20.0. The molecule has 2 aliphatic carbocycles. The fraction of sp³-hybridized carbons (Fsp3) is 0.216. The quantitative estimate of drug-likeness (QED) is 0.171. The van der Waals surface area contributed by atoms with Crippen molar-refractivity contribution in [3.05, 3.63) is 157 Å². The second kappa shape index (κ2) is 13.7. The number of para-hydroxylation sites is 1. The van der Waals surface area contributed by atoms with E-state index in [1.807, 2.05) is 42.5 Å². The maximum absolute atomic E-state index is 9.43. The summed E-state index contributed by atoms with van der Waals surface area (Å²) in [4.78, 5) is 15.1. The Kier molecular flexibility index (Phi) is 8.37. The van der Waals surface area contributed by atoms with Crippen LogP contribution < -0.4 is 0 Å². The first-order chi connectivity index (χ1) is 27.4. The molecule has 56 heavy (non-hydrogen) atoms. The zero-order chi connectivity index (χ0) is 37.8. The molecular formula is C51H43N5. The van der Waals surface area contributed by atoms with Crippen molar-refractivity contribution < 1.29 is 0 Å². The molecule has 8 aromatic rings. The van der Waals surface area contributed by atoms with E-state index in [0.717, 1.165) is 61.9 Å². The third kappa shape index (κ3) is 5.97. The number of aromatic nitrogens is 4. The zero-order valence-electron chi connectivity index (χ0n) is 31.9. The van der Waals surface area contributed by atoms with Crippen LogP contribution in [0.4, 0.5) is 0 Å². The largest absolute Gasteiger partial charge is 0.309 e. The van der Waals surface area contributed by atoms with Crippen molar-refractivity contribution in [3.8, 4) is 57.0 Å². The summed E-state index contributed by atoms with van der Waals surface area (Å²) < 4.78 is 2.37. The topological polar surface area (TPSA) is 67.4 Å². The lowest BCUT2D eigenvalue weighted by atomic mass is 9.54. The predicted octanol–water partition coefficient (Wildman–Crippen LogP) is 12.6. The lowest BCUT2D eigenvalue weighted by molar-refractivity contribution is 0.0780. The second-order valence-electron chi connectivity index (χ2n) is 16.5. The molecule has 6 aromatic carbocycles. The van der Waals surface area contributed by atoms with Crippen LogP contribution in [0.25, 0.3) is 72.8 Å². The molecule has 0 radical (unpaired) electrons. The SMILES string of the molecule is C[C@@H]1C[C@@H]2C[C@H](C)CC(c3ccc(-c4cccc(-n5c6ccccc6c6c(-c7nc(-c8ccccc8)nc(-c8ccc(C#N)cc8)n7)cccc65)c4)cc3)(C1)C2. The van der Waals surface area contributed by atoms with E-state index in [2.05, 4.69) is 115 Å². The van der Waals surface area contributed by atoms with Gasteiger partial charge in [0, 0.05) is 33.2 Å². The van der Waals surface area contributed by atoms with Gasteiger partial charge in [-0.3, -0.25) is 0 Å². The predicted molar refractivity (Wildman–Crippen MR) is 227 cm³/mol. The van der Waals surface area contributed by atoms with Gasteiger partial charge in [0.25, 0.3) is 0 Å². The van der Waals surface area contributed by atoms with E-state index in [0.29, 0.717) is 28.5 Å². The molecule has 0 aliphatic heterocycles. The van der Waals surface area contributed by atoms with Gasteiger partial charge in [-0.2, -0.15) is 5.26 Å². The molecule has 0 spiro atoms. The van der Waals surface area contributed by atoms with Crippen LogP contribution in [0, 0.1) is 29.1 Å². The van der Waals surface area contributed by atoms with E-state index >= 15 is 0 Å². The van der Waals surface area contributed by atoms with Gasteiger partial charge in [-0.25, -0.2) is 15.0 Å². The summed E-state index contributed by atoms with van der Waals surface area (Å²) in [5.74, 6) is 4.23. The molecule has 0 N–H and O–H groups in total. The molecule has 0 amide bonds. The molecule has 272 valence electrons. The van der Waals surface area contributed by atoms with Gasteiger partial charge in [0.2, 0.25) is 0 Å². The van der Waals surface area contributed by atoms with Gasteiger partial charge in [-0.1, -0.05) is 111 Å². The first kappa shape index (κ1) is 34.1. The Morgan fingerprint density at radius 3 is 1.91 bits per heavy atom.